The lowest BCUT2D eigenvalue weighted by Gasteiger charge is -2.16. The van der Waals surface area contributed by atoms with E-state index in [0.29, 0.717) is 11.8 Å². The van der Waals surface area contributed by atoms with Gasteiger partial charge in [0.2, 0.25) is 0 Å². The van der Waals surface area contributed by atoms with E-state index in [0.717, 1.165) is 0 Å². The van der Waals surface area contributed by atoms with Gasteiger partial charge >= 0.3 is 0 Å². The van der Waals surface area contributed by atoms with Crippen molar-refractivity contribution >= 4 is 0 Å². The highest BCUT2D eigenvalue weighted by atomic mass is 14.7. The molecule has 1 heteroatoms. The number of rotatable bonds is 6. The molecule has 0 fully saturated rings. The van der Waals surface area contributed by atoms with Crippen LogP contribution in [0.1, 0.15) is 76.5 Å². The SMILES string of the molecule is CCC(CC)c1ccnc(C(CC)CC)c1. The lowest BCUT2D eigenvalue weighted by Crippen LogP contribution is -2.02. The van der Waals surface area contributed by atoms with Crippen LogP contribution in [0.25, 0.3) is 0 Å². The zero-order chi connectivity index (χ0) is 12.0. The fraction of sp³-hybridized carbons (Fsp3) is 0.667. The van der Waals surface area contributed by atoms with E-state index in [2.05, 4.69) is 44.8 Å². The van der Waals surface area contributed by atoms with E-state index in [1.165, 1.54) is 36.9 Å². The average Bonchev–Trinajstić information content (AvgIpc) is 2.33. The molecule has 0 aliphatic rings. The largest absolute Gasteiger partial charge is 0.261 e. The predicted octanol–water partition coefficient (Wildman–Crippen LogP) is 4.89. The second kappa shape index (κ2) is 6.67. The van der Waals surface area contributed by atoms with Gasteiger partial charge in [-0.25, -0.2) is 0 Å². The molecule has 0 aliphatic carbocycles. The van der Waals surface area contributed by atoms with Crippen LogP contribution in [-0.4, -0.2) is 4.98 Å². The van der Waals surface area contributed by atoms with Gasteiger partial charge in [-0.05, 0) is 49.3 Å². The van der Waals surface area contributed by atoms with Crippen LogP contribution in [0.5, 0.6) is 0 Å². The van der Waals surface area contributed by atoms with Crippen LogP contribution in [0.2, 0.25) is 0 Å². The maximum atomic E-state index is 4.53. The van der Waals surface area contributed by atoms with Crippen molar-refractivity contribution in [2.24, 2.45) is 0 Å². The van der Waals surface area contributed by atoms with Crippen molar-refractivity contribution in [3.8, 4) is 0 Å². The topological polar surface area (TPSA) is 12.9 Å². The Hall–Kier alpha value is -0.850. The minimum Gasteiger partial charge on any atom is -0.261 e. The molecule has 16 heavy (non-hydrogen) atoms. The second-order valence-electron chi connectivity index (χ2n) is 4.54. The summed E-state index contributed by atoms with van der Waals surface area (Å²) in [5.41, 5.74) is 2.76. The molecule has 0 bridgehead atoms. The zero-order valence-electron chi connectivity index (χ0n) is 11.2. The minimum atomic E-state index is 0.634. The van der Waals surface area contributed by atoms with E-state index in [9.17, 15) is 0 Å². The van der Waals surface area contributed by atoms with E-state index < -0.39 is 0 Å². The summed E-state index contributed by atoms with van der Waals surface area (Å²) < 4.78 is 0. The molecule has 1 nitrogen and oxygen atoms in total. The van der Waals surface area contributed by atoms with E-state index in [1.54, 1.807) is 0 Å². The van der Waals surface area contributed by atoms with E-state index in [4.69, 9.17) is 0 Å². The molecule has 1 heterocycles. The highest BCUT2D eigenvalue weighted by molar-refractivity contribution is 5.22. The first kappa shape index (κ1) is 13.2. The molecule has 0 unspecified atom stereocenters. The first-order chi connectivity index (χ1) is 7.76. The number of aromatic nitrogens is 1. The minimum absolute atomic E-state index is 0.634. The second-order valence-corrected chi connectivity index (χ2v) is 4.54. The Balaban J connectivity index is 2.93. The third-order valence-electron chi connectivity index (χ3n) is 3.67. The van der Waals surface area contributed by atoms with Gasteiger partial charge < -0.3 is 0 Å². The molecule has 0 saturated heterocycles. The fourth-order valence-electron chi connectivity index (χ4n) is 2.41. The molecule has 0 spiro atoms. The van der Waals surface area contributed by atoms with Gasteiger partial charge in [-0.1, -0.05) is 27.7 Å². The van der Waals surface area contributed by atoms with Crippen molar-refractivity contribution in [2.75, 3.05) is 0 Å². The first-order valence-corrected chi connectivity index (χ1v) is 6.72. The molecule has 0 radical (unpaired) electrons. The smallest absolute Gasteiger partial charge is 0.0437 e. The molecule has 1 aromatic heterocycles. The van der Waals surface area contributed by atoms with E-state index in [-0.39, 0.29) is 0 Å². The molecule has 0 amide bonds. The van der Waals surface area contributed by atoms with Crippen molar-refractivity contribution < 1.29 is 0 Å². The van der Waals surface area contributed by atoms with Crippen molar-refractivity contribution in [3.63, 3.8) is 0 Å². The summed E-state index contributed by atoms with van der Waals surface area (Å²) in [6.45, 7) is 9.04. The number of hydrogen-bond donors (Lipinski definition) is 0. The van der Waals surface area contributed by atoms with Gasteiger partial charge in [-0.2, -0.15) is 0 Å². The Bertz CT molecular complexity index is 271. The molecular formula is C15H25N. The van der Waals surface area contributed by atoms with Crippen LogP contribution >= 0.6 is 0 Å². The molecule has 0 aliphatic heterocycles. The Labute approximate surface area is 100 Å². The molecule has 0 saturated carbocycles. The van der Waals surface area contributed by atoms with E-state index >= 15 is 0 Å². The third kappa shape index (κ3) is 3.07. The van der Waals surface area contributed by atoms with Gasteiger partial charge in [0.15, 0.2) is 0 Å². The summed E-state index contributed by atoms with van der Waals surface area (Å²) in [6, 6.07) is 4.51. The number of pyridine rings is 1. The first-order valence-electron chi connectivity index (χ1n) is 6.72. The Morgan fingerprint density at radius 2 is 1.50 bits per heavy atom. The van der Waals surface area contributed by atoms with Gasteiger partial charge in [0.05, 0.1) is 0 Å². The molecular weight excluding hydrogens is 194 g/mol. The van der Waals surface area contributed by atoms with Crippen molar-refractivity contribution in [2.45, 2.75) is 65.2 Å². The Morgan fingerprint density at radius 1 is 0.938 bits per heavy atom. The van der Waals surface area contributed by atoms with Crippen molar-refractivity contribution in [1.29, 1.82) is 0 Å². The monoisotopic (exact) mass is 219 g/mol. The fourth-order valence-corrected chi connectivity index (χ4v) is 2.41. The van der Waals surface area contributed by atoms with E-state index in [1.807, 2.05) is 6.20 Å². The molecule has 90 valence electrons. The quantitative estimate of drug-likeness (QED) is 0.664. The highest BCUT2D eigenvalue weighted by Gasteiger charge is 2.12. The molecule has 1 rings (SSSR count). The van der Waals surface area contributed by atoms with Crippen LogP contribution in [-0.2, 0) is 0 Å². The third-order valence-corrected chi connectivity index (χ3v) is 3.67. The van der Waals surface area contributed by atoms with Gasteiger partial charge in [0.25, 0.3) is 0 Å². The van der Waals surface area contributed by atoms with Crippen molar-refractivity contribution in [3.05, 3.63) is 29.6 Å². The Kier molecular flexibility index (Phi) is 5.51. The van der Waals surface area contributed by atoms with Gasteiger partial charge in [-0.3, -0.25) is 4.98 Å². The molecule has 0 atom stereocenters. The van der Waals surface area contributed by atoms with Gasteiger partial charge in [-0.15, -0.1) is 0 Å². The lowest BCUT2D eigenvalue weighted by molar-refractivity contribution is 0.609. The highest BCUT2D eigenvalue weighted by Crippen LogP contribution is 2.27. The zero-order valence-corrected chi connectivity index (χ0v) is 11.2. The van der Waals surface area contributed by atoms with Crippen molar-refractivity contribution in [1.82, 2.24) is 4.98 Å². The summed E-state index contributed by atoms with van der Waals surface area (Å²) >= 11 is 0. The summed E-state index contributed by atoms with van der Waals surface area (Å²) in [6.07, 6.45) is 6.82. The van der Waals surface area contributed by atoms with Crippen LogP contribution in [0.15, 0.2) is 18.3 Å². The summed E-state index contributed by atoms with van der Waals surface area (Å²) in [5, 5.41) is 0. The van der Waals surface area contributed by atoms with Gasteiger partial charge in [0.1, 0.15) is 0 Å². The standard InChI is InChI=1S/C15H25N/c1-5-12(6-2)14-9-10-16-15(11-14)13(7-3)8-4/h9-13H,5-8H2,1-4H3. The van der Waals surface area contributed by atoms with Crippen LogP contribution in [0.3, 0.4) is 0 Å². The molecule has 0 N–H and O–H groups in total. The molecule has 0 aromatic carbocycles. The maximum absolute atomic E-state index is 4.53. The van der Waals surface area contributed by atoms with Crippen LogP contribution in [0, 0.1) is 0 Å². The molecule has 1 aromatic rings. The summed E-state index contributed by atoms with van der Waals surface area (Å²) in [4.78, 5) is 4.53. The predicted molar refractivity (Wildman–Crippen MR) is 70.9 cm³/mol. The summed E-state index contributed by atoms with van der Waals surface area (Å²) in [5.74, 6) is 1.34. The summed E-state index contributed by atoms with van der Waals surface area (Å²) in [7, 11) is 0. The Morgan fingerprint density at radius 3 is 2.00 bits per heavy atom. The number of hydrogen-bond acceptors (Lipinski definition) is 1. The maximum Gasteiger partial charge on any atom is 0.0437 e. The lowest BCUT2D eigenvalue weighted by atomic mass is 9.91. The van der Waals surface area contributed by atoms with Crippen LogP contribution in [0.4, 0.5) is 0 Å². The average molecular weight is 219 g/mol. The number of nitrogens with zero attached hydrogens (tertiary/aromatic N) is 1. The van der Waals surface area contributed by atoms with Gasteiger partial charge in [0, 0.05) is 17.8 Å². The van der Waals surface area contributed by atoms with Crippen LogP contribution < -0.4 is 0 Å². The normalized spacial score (nSPS) is 11.4.